The maximum Gasteiger partial charge on any atom is 0.270 e. The van der Waals surface area contributed by atoms with Gasteiger partial charge in [0.15, 0.2) is 0 Å². The number of rotatable bonds is 9. The van der Waals surface area contributed by atoms with Crippen LogP contribution in [0.1, 0.15) is 79.2 Å². The number of nitrogens with one attached hydrogen (secondary N) is 1. The summed E-state index contributed by atoms with van der Waals surface area (Å²) in [6.45, 7) is 7.00. The first-order chi connectivity index (χ1) is 16.2. The summed E-state index contributed by atoms with van der Waals surface area (Å²) >= 11 is 0. The molecular weight excluding hydrogens is 431 g/mol. The van der Waals surface area contributed by atoms with Gasteiger partial charge in [0, 0.05) is 38.2 Å². The molecule has 1 aromatic heterocycles. The number of primary amides is 1. The molecule has 3 N–H and O–H groups in total. The Kier molecular flexibility index (Phi) is 7.31. The molecule has 2 amide bonds. The largest absolute Gasteiger partial charge is 0.370 e. The monoisotopic (exact) mass is 466 g/mol. The number of hydrogen-bond acceptors (Lipinski definition) is 4. The Hall–Kier alpha value is -2.80. The fourth-order valence-electron chi connectivity index (χ4n) is 5.01. The topological polar surface area (TPSA) is 88.3 Å². The van der Waals surface area contributed by atoms with Gasteiger partial charge in [-0.15, -0.1) is 0 Å². The van der Waals surface area contributed by atoms with E-state index in [1.165, 1.54) is 12.1 Å². The summed E-state index contributed by atoms with van der Waals surface area (Å²) < 4.78 is 13.3. The second-order valence-corrected chi connectivity index (χ2v) is 10.4. The summed E-state index contributed by atoms with van der Waals surface area (Å²) in [6, 6.07) is 10.2. The Balaban J connectivity index is 1.52. The fourth-order valence-corrected chi connectivity index (χ4v) is 5.01. The number of halogens is 1. The van der Waals surface area contributed by atoms with Crippen LogP contribution in [0.25, 0.3) is 0 Å². The zero-order valence-electron chi connectivity index (χ0n) is 20.1. The molecule has 2 heterocycles. The van der Waals surface area contributed by atoms with Gasteiger partial charge in [0.1, 0.15) is 11.5 Å². The van der Waals surface area contributed by atoms with Crippen LogP contribution in [-0.4, -0.2) is 46.9 Å². The van der Waals surface area contributed by atoms with E-state index in [0.29, 0.717) is 36.8 Å². The van der Waals surface area contributed by atoms with Crippen LogP contribution in [0.3, 0.4) is 0 Å². The van der Waals surface area contributed by atoms with Gasteiger partial charge < -0.3 is 16.0 Å². The molecule has 1 saturated carbocycles. The van der Waals surface area contributed by atoms with Gasteiger partial charge in [-0.1, -0.05) is 32.0 Å². The lowest BCUT2D eigenvalue weighted by atomic mass is 9.83. The van der Waals surface area contributed by atoms with Crippen molar-refractivity contribution in [2.75, 3.05) is 19.6 Å². The summed E-state index contributed by atoms with van der Waals surface area (Å²) in [5.41, 5.74) is 8.24. The molecule has 6 nitrogen and oxygen atoms in total. The smallest absolute Gasteiger partial charge is 0.270 e. The minimum atomic E-state index is -0.648. The van der Waals surface area contributed by atoms with E-state index < -0.39 is 11.4 Å². The molecule has 2 aliphatic rings. The number of likely N-dealkylation sites (tertiary alicyclic amines) is 1. The van der Waals surface area contributed by atoms with Crippen molar-refractivity contribution in [3.8, 4) is 0 Å². The van der Waals surface area contributed by atoms with Gasteiger partial charge in [-0.25, -0.2) is 9.37 Å². The second kappa shape index (κ2) is 10.2. The third kappa shape index (κ3) is 6.20. The van der Waals surface area contributed by atoms with Gasteiger partial charge in [-0.2, -0.15) is 0 Å². The molecule has 0 radical (unpaired) electrons. The molecule has 34 heavy (non-hydrogen) atoms. The summed E-state index contributed by atoms with van der Waals surface area (Å²) in [5.74, 6) is 0.0813. The van der Waals surface area contributed by atoms with E-state index in [1.807, 2.05) is 6.07 Å². The van der Waals surface area contributed by atoms with Crippen LogP contribution in [-0.2, 0) is 11.2 Å². The van der Waals surface area contributed by atoms with Crippen molar-refractivity contribution in [1.82, 2.24) is 15.2 Å². The summed E-state index contributed by atoms with van der Waals surface area (Å²) in [5, 5.41) is 3.14. The van der Waals surface area contributed by atoms with E-state index in [2.05, 4.69) is 24.1 Å². The van der Waals surface area contributed by atoms with Crippen molar-refractivity contribution < 1.29 is 14.0 Å². The van der Waals surface area contributed by atoms with Gasteiger partial charge in [0.05, 0.1) is 5.54 Å². The molecule has 0 bridgehead atoms. The number of pyridine rings is 1. The highest BCUT2D eigenvalue weighted by Gasteiger charge is 2.38. The fraction of sp³-hybridized carbons (Fsp3) is 0.519. The maximum absolute atomic E-state index is 13.3. The van der Waals surface area contributed by atoms with Crippen LogP contribution < -0.4 is 11.1 Å². The number of carbonyl (C=O) groups is 2. The lowest BCUT2D eigenvalue weighted by Gasteiger charge is -2.42. The highest BCUT2D eigenvalue weighted by Crippen LogP contribution is 2.41. The highest BCUT2D eigenvalue weighted by atomic mass is 19.1. The molecule has 2 fully saturated rings. The number of benzene rings is 1. The third-order valence-corrected chi connectivity index (χ3v) is 6.87. The standard InChI is InChI=1S/C27H35FN4O2/c1-18(2)17-32-13-11-27(12-14-32,16-25(29)33)31-26(34)23-10-9-22(20-5-6-20)24(30-23)15-19-3-7-21(28)8-4-19/h3-4,7-10,18,20H,5-6,11-17H2,1-2H3,(H2,29,33)(H,31,34). The normalized spacial score (nSPS) is 18.1. The quantitative estimate of drug-likeness (QED) is 0.589. The molecule has 0 spiro atoms. The molecule has 0 unspecified atom stereocenters. The van der Waals surface area contributed by atoms with Crippen molar-refractivity contribution in [2.24, 2.45) is 11.7 Å². The lowest BCUT2D eigenvalue weighted by Crippen LogP contribution is -2.57. The predicted octanol–water partition coefficient (Wildman–Crippen LogP) is 3.78. The van der Waals surface area contributed by atoms with Crippen LogP contribution in [0.4, 0.5) is 4.39 Å². The number of aromatic nitrogens is 1. The summed E-state index contributed by atoms with van der Waals surface area (Å²) in [7, 11) is 0. The molecule has 1 saturated heterocycles. The third-order valence-electron chi connectivity index (χ3n) is 6.87. The molecule has 0 atom stereocenters. The SMILES string of the molecule is CC(C)CN1CCC(CC(N)=O)(NC(=O)c2ccc(C3CC3)c(Cc3ccc(F)cc3)n2)CC1. The van der Waals surface area contributed by atoms with E-state index in [0.717, 1.165) is 49.3 Å². The molecule has 182 valence electrons. The van der Waals surface area contributed by atoms with Crippen LogP contribution in [0, 0.1) is 11.7 Å². The Morgan fingerprint density at radius 1 is 1.15 bits per heavy atom. The van der Waals surface area contributed by atoms with Crippen molar-refractivity contribution >= 4 is 11.8 Å². The predicted molar refractivity (Wildman–Crippen MR) is 130 cm³/mol. The highest BCUT2D eigenvalue weighted by molar-refractivity contribution is 5.93. The first-order valence-corrected chi connectivity index (χ1v) is 12.3. The zero-order chi connectivity index (χ0) is 24.3. The van der Waals surface area contributed by atoms with Crippen LogP contribution in [0.15, 0.2) is 36.4 Å². The van der Waals surface area contributed by atoms with E-state index in [9.17, 15) is 14.0 Å². The average molecular weight is 467 g/mol. The number of nitrogens with zero attached hydrogens (tertiary/aromatic N) is 2. The van der Waals surface area contributed by atoms with Crippen molar-refractivity contribution in [1.29, 1.82) is 0 Å². The number of hydrogen-bond donors (Lipinski definition) is 2. The lowest BCUT2D eigenvalue weighted by molar-refractivity contribution is -0.119. The number of carbonyl (C=O) groups excluding carboxylic acids is 2. The minimum absolute atomic E-state index is 0.122. The Morgan fingerprint density at radius 2 is 1.82 bits per heavy atom. The van der Waals surface area contributed by atoms with E-state index in [-0.39, 0.29) is 18.1 Å². The molecule has 1 aliphatic carbocycles. The summed E-state index contributed by atoms with van der Waals surface area (Å²) in [4.78, 5) is 32.3. The van der Waals surface area contributed by atoms with Crippen molar-refractivity contribution in [2.45, 2.75) is 63.8 Å². The Labute approximate surface area is 201 Å². The van der Waals surface area contributed by atoms with Gasteiger partial charge in [0.25, 0.3) is 5.91 Å². The second-order valence-electron chi connectivity index (χ2n) is 10.4. The molecular formula is C27H35FN4O2. The Morgan fingerprint density at radius 3 is 2.41 bits per heavy atom. The van der Waals surface area contributed by atoms with E-state index in [1.54, 1.807) is 18.2 Å². The van der Waals surface area contributed by atoms with Crippen LogP contribution in [0.2, 0.25) is 0 Å². The minimum Gasteiger partial charge on any atom is -0.370 e. The van der Waals surface area contributed by atoms with Crippen molar-refractivity contribution in [3.05, 3.63) is 64.7 Å². The first kappa shape index (κ1) is 24.3. The number of nitrogens with two attached hydrogens (primary N) is 1. The van der Waals surface area contributed by atoms with E-state index >= 15 is 0 Å². The molecule has 1 aliphatic heterocycles. The van der Waals surface area contributed by atoms with Gasteiger partial charge in [0.2, 0.25) is 5.91 Å². The average Bonchev–Trinajstić information content (AvgIpc) is 3.61. The number of piperidine rings is 1. The summed E-state index contributed by atoms with van der Waals surface area (Å²) in [6.07, 6.45) is 4.27. The maximum atomic E-state index is 13.3. The number of amides is 2. The van der Waals surface area contributed by atoms with Crippen LogP contribution >= 0.6 is 0 Å². The van der Waals surface area contributed by atoms with E-state index in [4.69, 9.17) is 10.7 Å². The Bertz CT molecular complexity index is 1030. The molecule has 7 heteroatoms. The first-order valence-electron chi connectivity index (χ1n) is 12.3. The van der Waals surface area contributed by atoms with Gasteiger partial charge in [-0.3, -0.25) is 9.59 Å². The zero-order valence-corrected chi connectivity index (χ0v) is 20.1. The molecule has 1 aromatic carbocycles. The van der Waals surface area contributed by atoms with Gasteiger partial charge >= 0.3 is 0 Å². The van der Waals surface area contributed by atoms with Crippen LogP contribution in [0.5, 0.6) is 0 Å². The van der Waals surface area contributed by atoms with Gasteiger partial charge in [-0.05, 0) is 66.8 Å². The molecule has 2 aromatic rings. The van der Waals surface area contributed by atoms with Crippen molar-refractivity contribution in [3.63, 3.8) is 0 Å². The molecule has 4 rings (SSSR count).